The van der Waals surface area contributed by atoms with E-state index in [1.807, 2.05) is 67.1 Å². The number of hydrogen-bond donors (Lipinski definition) is 1. The molecule has 5 rings (SSSR count). The van der Waals surface area contributed by atoms with E-state index in [1.165, 1.54) is 44.5 Å². The van der Waals surface area contributed by atoms with Crippen molar-refractivity contribution >= 4 is 40.2 Å². The van der Waals surface area contributed by atoms with Crippen LogP contribution in [0.1, 0.15) is 27.6 Å². The van der Waals surface area contributed by atoms with Crippen LogP contribution < -0.4 is 10.2 Å². The standard InChI is InChI=1S/C28H25FN6O2S2/c1-18-6-3-7-22(19(18)2)35(25(36)17-34-32-27(31-33-34)24-9-5-15-39-24)26(23-8-4-14-38-23)28(37)30-16-20-10-12-21(29)13-11-20/h3-15,26H,16-17H2,1-2H3,(H,30,37). The van der Waals surface area contributed by atoms with Crippen molar-refractivity contribution in [3.05, 3.63) is 105 Å². The van der Waals surface area contributed by atoms with Crippen LogP contribution in [0.3, 0.4) is 0 Å². The molecule has 0 spiro atoms. The molecule has 0 aliphatic heterocycles. The van der Waals surface area contributed by atoms with Crippen LogP contribution in [0.5, 0.6) is 0 Å². The van der Waals surface area contributed by atoms with Crippen molar-refractivity contribution in [1.82, 2.24) is 25.5 Å². The fourth-order valence-electron chi connectivity index (χ4n) is 4.13. The van der Waals surface area contributed by atoms with Gasteiger partial charge in [0.25, 0.3) is 5.91 Å². The molecule has 0 saturated carbocycles. The minimum Gasteiger partial charge on any atom is -0.350 e. The van der Waals surface area contributed by atoms with E-state index in [0.717, 1.165) is 21.6 Å². The quantitative estimate of drug-likeness (QED) is 0.264. The van der Waals surface area contributed by atoms with Crippen LogP contribution >= 0.6 is 22.7 Å². The van der Waals surface area contributed by atoms with E-state index < -0.39 is 6.04 Å². The number of hydrogen-bond acceptors (Lipinski definition) is 7. The summed E-state index contributed by atoms with van der Waals surface area (Å²) in [5.74, 6) is -0.642. The van der Waals surface area contributed by atoms with Crippen molar-refractivity contribution < 1.29 is 14.0 Å². The predicted octanol–water partition coefficient (Wildman–Crippen LogP) is 5.31. The number of aryl methyl sites for hydroxylation is 1. The van der Waals surface area contributed by atoms with Crippen molar-refractivity contribution in [2.24, 2.45) is 0 Å². The number of carbonyl (C=O) groups is 2. The van der Waals surface area contributed by atoms with Gasteiger partial charge in [0, 0.05) is 17.1 Å². The molecule has 11 heteroatoms. The van der Waals surface area contributed by atoms with Gasteiger partial charge in [-0.1, -0.05) is 36.4 Å². The highest BCUT2D eigenvalue weighted by Gasteiger charge is 2.35. The number of anilines is 1. The van der Waals surface area contributed by atoms with E-state index in [0.29, 0.717) is 16.4 Å². The number of tetrazole rings is 1. The van der Waals surface area contributed by atoms with Crippen molar-refractivity contribution in [2.75, 3.05) is 4.90 Å². The van der Waals surface area contributed by atoms with E-state index in [9.17, 15) is 14.0 Å². The highest BCUT2D eigenvalue weighted by Crippen LogP contribution is 2.34. The zero-order chi connectivity index (χ0) is 27.4. The largest absolute Gasteiger partial charge is 0.350 e. The van der Waals surface area contributed by atoms with Gasteiger partial charge in [-0.2, -0.15) is 4.80 Å². The second kappa shape index (κ2) is 11.7. The Bertz CT molecular complexity index is 1570. The molecule has 8 nitrogen and oxygen atoms in total. The molecular weight excluding hydrogens is 535 g/mol. The van der Waals surface area contributed by atoms with Crippen LogP contribution in [0.2, 0.25) is 0 Å². The monoisotopic (exact) mass is 560 g/mol. The maximum atomic E-state index is 14.0. The molecule has 1 atom stereocenters. The first-order valence-corrected chi connectivity index (χ1v) is 13.9. The lowest BCUT2D eigenvalue weighted by Gasteiger charge is -2.32. The van der Waals surface area contributed by atoms with Gasteiger partial charge in [0.1, 0.15) is 18.4 Å². The smallest absolute Gasteiger partial charge is 0.251 e. The van der Waals surface area contributed by atoms with Crippen LogP contribution in [-0.2, 0) is 22.7 Å². The van der Waals surface area contributed by atoms with E-state index in [2.05, 4.69) is 20.7 Å². The summed E-state index contributed by atoms with van der Waals surface area (Å²) in [7, 11) is 0. The molecule has 0 saturated heterocycles. The topological polar surface area (TPSA) is 93.0 Å². The maximum Gasteiger partial charge on any atom is 0.251 e. The molecule has 0 aliphatic carbocycles. The van der Waals surface area contributed by atoms with E-state index >= 15 is 0 Å². The Hall–Kier alpha value is -4.22. The molecule has 0 aliphatic rings. The van der Waals surface area contributed by atoms with E-state index in [-0.39, 0.29) is 30.7 Å². The summed E-state index contributed by atoms with van der Waals surface area (Å²) >= 11 is 2.87. The molecule has 0 bridgehead atoms. The molecule has 1 N–H and O–H groups in total. The number of rotatable bonds is 9. The van der Waals surface area contributed by atoms with Crippen LogP contribution in [0.15, 0.2) is 77.5 Å². The zero-order valence-corrected chi connectivity index (χ0v) is 22.9. The number of benzene rings is 2. The van der Waals surface area contributed by atoms with Crippen molar-refractivity contribution in [3.63, 3.8) is 0 Å². The first kappa shape index (κ1) is 26.4. The lowest BCUT2D eigenvalue weighted by Crippen LogP contribution is -2.45. The van der Waals surface area contributed by atoms with Gasteiger partial charge < -0.3 is 5.32 Å². The maximum absolute atomic E-state index is 14.0. The molecule has 2 amide bonds. The number of nitrogens with one attached hydrogen (secondary N) is 1. The summed E-state index contributed by atoms with van der Waals surface area (Å²) in [6.07, 6.45) is 0. The number of amides is 2. The third-order valence-electron chi connectivity index (χ3n) is 6.27. The van der Waals surface area contributed by atoms with Gasteiger partial charge in [-0.05, 0) is 76.8 Å². The Labute approximate surface area is 232 Å². The van der Waals surface area contributed by atoms with Gasteiger partial charge in [0.05, 0.1) is 4.88 Å². The first-order valence-electron chi connectivity index (χ1n) is 12.2. The molecule has 3 aromatic heterocycles. The van der Waals surface area contributed by atoms with Gasteiger partial charge in [0.15, 0.2) is 0 Å². The molecule has 1 unspecified atom stereocenters. The second-order valence-electron chi connectivity index (χ2n) is 8.87. The predicted molar refractivity (Wildman–Crippen MR) is 150 cm³/mol. The molecule has 0 fully saturated rings. The average Bonchev–Trinajstić information content (AvgIpc) is 3.72. The summed E-state index contributed by atoms with van der Waals surface area (Å²) in [5.41, 5.74) is 3.23. The normalized spacial score (nSPS) is 11.8. The SMILES string of the molecule is Cc1cccc(N(C(=O)Cn2nnc(-c3cccs3)n2)C(C(=O)NCc2ccc(F)cc2)c2cccs2)c1C. The molecule has 0 radical (unpaired) electrons. The Morgan fingerprint density at radius 1 is 1.00 bits per heavy atom. The van der Waals surface area contributed by atoms with Crippen LogP contribution in [0.25, 0.3) is 10.7 Å². The highest BCUT2D eigenvalue weighted by atomic mass is 32.1. The summed E-state index contributed by atoms with van der Waals surface area (Å²) in [6.45, 7) is 3.86. The second-order valence-corrected chi connectivity index (χ2v) is 10.8. The Balaban J connectivity index is 1.49. The number of nitrogens with zero attached hydrogens (tertiary/aromatic N) is 5. The van der Waals surface area contributed by atoms with Crippen molar-refractivity contribution in [2.45, 2.75) is 33.0 Å². The molecule has 198 valence electrons. The first-order chi connectivity index (χ1) is 18.9. The van der Waals surface area contributed by atoms with E-state index in [1.54, 1.807) is 12.1 Å². The molecule has 2 aromatic carbocycles. The third-order valence-corrected chi connectivity index (χ3v) is 8.07. The Kier molecular flexibility index (Phi) is 7.89. The summed E-state index contributed by atoms with van der Waals surface area (Å²) < 4.78 is 13.4. The molecule has 3 heterocycles. The summed E-state index contributed by atoms with van der Waals surface area (Å²) in [4.78, 5) is 32.1. The van der Waals surface area contributed by atoms with E-state index in [4.69, 9.17) is 0 Å². The highest BCUT2D eigenvalue weighted by molar-refractivity contribution is 7.13. The van der Waals surface area contributed by atoms with Gasteiger partial charge >= 0.3 is 0 Å². The minimum atomic E-state index is -0.946. The Morgan fingerprint density at radius 3 is 2.49 bits per heavy atom. The summed E-state index contributed by atoms with van der Waals surface area (Å²) in [6, 6.07) is 18.1. The average molecular weight is 561 g/mol. The molecule has 39 heavy (non-hydrogen) atoms. The minimum absolute atomic E-state index is 0.185. The van der Waals surface area contributed by atoms with Crippen molar-refractivity contribution in [1.29, 1.82) is 0 Å². The number of aromatic nitrogens is 4. The molecular formula is C28H25FN6O2S2. The van der Waals surface area contributed by atoms with Gasteiger partial charge in [-0.3, -0.25) is 14.5 Å². The fraction of sp³-hybridized carbons (Fsp3) is 0.179. The third kappa shape index (κ3) is 5.94. The lowest BCUT2D eigenvalue weighted by molar-refractivity contribution is -0.127. The van der Waals surface area contributed by atoms with Gasteiger partial charge in [-0.15, -0.1) is 32.9 Å². The van der Waals surface area contributed by atoms with Crippen LogP contribution in [0, 0.1) is 19.7 Å². The van der Waals surface area contributed by atoms with Crippen molar-refractivity contribution in [3.8, 4) is 10.7 Å². The number of carbonyl (C=O) groups excluding carboxylic acids is 2. The summed E-state index contributed by atoms with van der Waals surface area (Å²) in [5, 5.41) is 19.3. The van der Waals surface area contributed by atoms with Gasteiger partial charge in [0.2, 0.25) is 11.7 Å². The lowest BCUT2D eigenvalue weighted by atomic mass is 10.0. The molecule has 5 aromatic rings. The van der Waals surface area contributed by atoms with Crippen LogP contribution in [-0.4, -0.2) is 32.0 Å². The fourth-order valence-corrected chi connectivity index (χ4v) is 5.60. The van der Waals surface area contributed by atoms with Crippen LogP contribution in [0.4, 0.5) is 10.1 Å². The Morgan fingerprint density at radius 2 is 1.77 bits per heavy atom. The van der Waals surface area contributed by atoms with Gasteiger partial charge in [-0.25, -0.2) is 4.39 Å². The number of halogens is 1. The zero-order valence-electron chi connectivity index (χ0n) is 21.2. The number of thiophene rings is 2.